The van der Waals surface area contributed by atoms with Crippen LogP contribution in [-0.2, 0) is 17.9 Å². The summed E-state index contributed by atoms with van der Waals surface area (Å²) in [5.41, 5.74) is 1.36. The predicted molar refractivity (Wildman–Crippen MR) is 104 cm³/mol. The zero-order valence-electron chi connectivity index (χ0n) is 15.0. The maximum absolute atomic E-state index is 13.3. The van der Waals surface area contributed by atoms with Gasteiger partial charge in [0.1, 0.15) is 18.1 Å². The van der Waals surface area contributed by atoms with E-state index in [1.807, 2.05) is 12.1 Å². The van der Waals surface area contributed by atoms with Crippen LogP contribution in [0.5, 0.6) is 5.75 Å². The second kappa shape index (κ2) is 8.67. The van der Waals surface area contributed by atoms with Gasteiger partial charge >= 0.3 is 0 Å². The minimum atomic E-state index is -0.446. The van der Waals surface area contributed by atoms with Crippen molar-refractivity contribution >= 4 is 17.5 Å². The molecule has 0 saturated carbocycles. The van der Waals surface area contributed by atoms with Gasteiger partial charge in [-0.15, -0.1) is 0 Å². The summed E-state index contributed by atoms with van der Waals surface area (Å²) in [5, 5.41) is 7.20. The molecule has 1 aromatic heterocycles. The first-order valence-corrected chi connectivity index (χ1v) is 8.77. The van der Waals surface area contributed by atoms with Crippen molar-refractivity contribution in [1.29, 1.82) is 0 Å². The van der Waals surface area contributed by atoms with Crippen LogP contribution in [0.25, 0.3) is 11.3 Å². The topological polar surface area (TPSA) is 73.2 Å². The molecule has 1 N–H and O–H groups in total. The van der Waals surface area contributed by atoms with Gasteiger partial charge in [-0.3, -0.25) is 9.59 Å². The Morgan fingerprint density at radius 2 is 1.93 bits per heavy atom. The molecule has 0 unspecified atom stereocenters. The third kappa shape index (κ3) is 4.75. The van der Waals surface area contributed by atoms with Gasteiger partial charge in [0.05, 0.1) is 12.8 Å². The molecular weight excluding hydrogens is 385 g/mol. The number of carbonyl (C=O) groups is 1. The van der Waals surface area contributed by atoms with E-state index in [1.165, 1.54) is 24.3 Å². The summed E-state index contributed by atoms with van der Waals surface area (Å²) in [7, 11) is 1.57. The number of benzene rings is 2. The molecule has 3 aromatic rings. The van der Waals surface area contributed by atoms with Gasteiger partial charge in [0.2, 0.25) is 5.91 Å². The molecule has 0 atom stereocenters. The Hall–Kier alpha value is -3.19. The number of halogens is 2. The van der Waals surface area contributed by atoms with Crippen molar-refractivity contribution in [2.45, 2.75) is 13.1 Å². The Balaban J connectivity index is 1.71. The average Bonchev–Trinajstić information content (AvgIpc) is 2.70. The van der Waals surface area contributed by atoms with Crippen LogP contribution in [0.15, 0.2) is 59.4 Å². The quantitative estimate of drug-likeness (QED) is 0.689. The molecule has 28 heavy (non-hydrogen) atoms. The lowest BCUT2D eigenvalue weighted by molar-refractivity contribution is -0.122. The smallest absolute Gasteiger partial charge is 0.267 e. The molecule has 1 heterocycles. The normalized spacial score (nSPS) is 10.5. The van der Waals surface area contributed by atoms with Crippen molar-refractivity contribution < 1.29 is 13.9 Å². The van der Waals surface area contributed by atoms with Crippen molar-refractivity contribution in [2.75, 3.05) is 7.11 Å². The van der Waals surface area contributed by atoms with Crippen molar-refractivity contribution in [1.82, 2.24) is 15.1 Å². The van der Waals surface area contributed by atoms with Crippen molar-refractivity contribution in [3.63, 3.8) is 0 Å². The molecule has 6 nitrogen and oxygen atoms in total. The number of amides is 1. The highest BCUT2D eigenvalue weighted by atomic mass is 35.5. The summed E-state index contributed by atoms with van der Waals surface area (Å²) in [6, 6.07) is 14.0. The lowest BCUT2D eigenvalue weighted by Crippen LogP contribution is -2.33. The van der Waals surface area contributed by atoms with Crippen LogP contribution in [0.4, 0.5) is 4.39 Å². The van der Waals surface area contributed by atoms with Gasteiger partial charge in [0, 0.05) is 23.2 Å². The summed E-state index contributed by atoms with van der Waals surface area (Å²) in [6.45, 7) is -0.224. The van der Waals surface area contributed by atoms with E-state index in [0.717, 1.165) is 10.2 Å². The minimum Gasteiger partial charge on any atom is -0.497 e. The monoisotopic (exact) mass is 401 g/mol. The Morgan fingerprint density at radius 1 is 1.18 bits per heavy atom. The maximum atomic E-state index is 13.3. The van der Waals surface area contributed by atoms with Gasteiger partial charge in [-0.1, -0.05) is 11.6 Å². The van der Waals surface area contributed by atoms with Gasteiger partial charge in [-0.05, 0) is 54.1 Å². The van der Waals surface area contributed by atoms with E-state index in [0.29, 0.717) is 22.0 Å². The van der Waals surface area contributed by atoms with E-state index in [1.54, 1.807) is 25.3 Å². The van der Waals surface area contributed by atoms with Crippen LogP contribution in [0.2, 0.25) is 5.02 Å². The molecule has 0 spiro atoms. The van der Waals surface area contributed by atoms with Crippen LogP contribution in [0.1, 0.15) is 5.56 Å². The summed E-state index contributed by atoms with van der Waals surface area (Å²) in [5.74, 6) is -0.187. The molecule has 8 heteroatoms. The number of ether oxygens (including phenoxy) is 1. The van der Waals surface area contributed by atoms with E-state index in [4.69, 9.17) is 16.3 Å². The van der Waals surface area contributed by atoms with Crippen LogP contribution in [0, 0.1) is 5.82 Å². The molecule has 0 fully saturated rings. The molecule has 3 rings (SSSR count). The molecule has 0 radical (unpaired) electrons. The van der Waals surface area contributed by atoms with Gasteiger partial charge in [-0.2, -0.15) is 5.10 Å². The number of nitrogens with one attached hydrogen (secondary N) is 1. The summed E-state index contributed by atoms with van der Waals surface area (Å²) < 4.78 is 19.5. The number of nitrogens with zero attached hydrogens (tertiary/aromatic N) is 2. The first-order chi connectivity index (χ1) is 13.5. The molecule has 1 amide bonds. The fourth-order valence-electron chi connectivity index (χ4n) is 2.54. The lowest BCUT2D eigenvalue weighted by atomic mass is 10.1. The van der Waals surface area contributed by atoms with E-state index < -0.39 is 17.3 Å². The Morgan fingerprint density at radius 3 is 2.64 bits per heavy atom. The molecular formula is C20H17ClFN3O3. The van der Waals surface area contributed by atoms with E-state index in [9.17, 15) is 14.0 Å². The zero-order valence-corrected chi connectivity index (χ0v) is 15.7. The Labute approximate surface area is 165 Å². The average molecular weight is 402 g/mol. The number of aromatic nitrogens is 2. The van der Waals surface area contributed by atoms with Crippen molar-refractivity contribution in [2.24, 2.45) is 0 Å². The summed E-state index contributed by atoms with van der Waals surface area (Å²) in [4.78, 5) is 24.2. The molecule has 144 valence electrons. The fraction of sp³-hybridized carbons (Fsp3) is 0.150. The van der Waals surface area contributed by atoms with Crippen LogP contribution < -0.4 is 15.6 Å². The SMILES string of the molecule is COc1ccc(-c2ccc(=O)n(CC(=O)NCc3cc(F)ccc3Cl)n2)cc1. The molecule has 0 aliphatic heterocycles. The number of rotatable bonds is 6. The number of hydrogen-bond donors (Lipinski definition) is 1. The minimum absolute atomic E-state index is 0.0440. The standard InChI is InChI=1S/C20H17ClFN3O3/c1-28-16-5-2-13(3-6-16)18-8-9-20(27)25(24-18)12-19(26)23-11-14-10-15(22)4-7-17(14)21/h2-10H,11-12H2,1H3,(H,23,26). The summed E-state index contributed by atoms with van der Waals surface area (Å²) >= 11 is 5.98. The van der Waals surface area contributed by atoms with Crippen LogP contribution in [-0.4, -0.2) is 22.8 Å². The highest BCUT2D eigenvalue weighted by Crippen LogP contribution is 2.19. The fourth-order valence-corrected chi connectivity index (χ4v) is 2.73. The zero-order chi connectivity index (χ0) is 20.1. The molecule has 0 saturated heterocycles. The Kier molecular flexibility index (Phi) is 6.06. The van der Waals surface area contributed by atoms with Gasteiger partial charge < -0.3 is 10.1 Å². The molecule has 0 bridgehead atoms. The second-order valence-electron chi connectivity index (χ2n) is 5.96. The number of carbonyl (C=O) groups excluding carboxylic acids is 1. The third-order valence-electron chi connectivity index (χ3n) is 4.03. The molecule has 0 aliphatic rings. The van der Waals surface area contributed by atoms with Crippen LogP contribution in [0.3, 0.4) is 0 Å². The van der Waals surface area contributed by atoms with Gasteiger partial charge in [-0.25, -0.2) is 9.07 Å². The first-order valence-electron chi connectivity index (χ1n) is 8.39. The summed E-state index contributed by atoms with van der Waals surface area (Å²) in [6.07, 6.45) is 0. The lowest BCUT2D eigenvalue weighted by Gasteiger charge is -2.09. The van der Waals surface area contributed by atoms with Crippen LogP contribution >= 0.6 is 11.6 Å². The maximum Gasteiger partial charge on any atom is 0.267 e. The first kappa shape index (κ1) is 19.6. The second-order valence-corrected chi connectivity index (χ2v) is 6.36. The largest absolute Gasteiger partial charge is 0.497 e. The molecule has 0 aliphatic carbocycles. The Bertz CT molecular complexity index is 1050. The van der Waals surface area contributed by atoms with Gasteiger partial charge in [0.15, 0.2) is 0 Å². The number of methoxy groups -OCH3 is 1. The highest BCUT2D eigenvalue weighted by Gasteiger charge is 2.10. The third-order valence-corrected chi connectivity index (χ3v) is 4.40. The number of hydrogen-bond acceptors (Lipinski definition) is 4. The highest BCUT2D eigenvalue weighted by molar-refractivity contribution is 6.31. The van der Waals surface area contributed by atoms with E-state index in [-0.39, 0.29) is 13.1 Å². The predicted octanol–water partition coefficient (Wildman–Crippen LogP) is 3.03. The van der Waals surface area contributed by atoms with E-state index in [2.05, 4.69) is 10.4 Å². The van der Waals surface area contributed by atoms with Crippen molar-refractivity contribution in [3.05, 3.63) is 81.4 Å². The van der Waals surface area contributed by atoms with Crippen molar-refractivity contribution in [3.8, 4) is 17.0 Å². The van der Waals surface area contributed by atoms with Gasteiger partial charge in [0.25, 0.3) is 5.56 Å². The van der Waals surface area contributed by atoms with E-state index >= 15 is 0 Å². The molecule has 2 aromatic carbocycles.